The van der Waals surface area contributed by atoms with Crippen LogP contribution in [-0.2, 0) is 33.6 Å². The van der Waals surface area contributed by atoms with Gasteiger partial charge in [-0.05, 0) is 55.0 Å². The minimum atomic E-state index is -0.963. The molecule has 31 heavy (non-hydrogen) atoms. The first kappa shape index (κ1) is 24.4. The first-order valence-corrected chi connectivity index (χ1v) is 10.9. The van der Waals surface area contributed by atoms with Crippen LogP contribution in [0.1, 0.15) is 43.4 Å². The summed E-state index contributed by atoms with van der Waals surface area (Å²) in [6.45, 7) is 5.35. The minimum absolute atomic E-state index is 0.0276. The van der Waals surface area contributed by atoms with Crippen molar-refractivity contribution in [1.29, 1.82) is 0 Å². The van der Waals surface area contributed by atoms with E-state index in [9.17, 15) is 9.59 Å². The summed E-state index contributed by atoms with van der Waals surface area (Å²) in [5, 5.41) is 12.1. The molecule has 6 nitrogen and oxygen atoms in total. The molecule has 1 unspecified atom stereocenters. The molecule has 168 valence electrons. The topological polar surface area (TPSA) is 84.9 Å². The molecule has 2 aromatic rings. The Morgan fingerprint density at radius 1 is 0.968 bits per heavy atom. The van der Waals surface area contributed by atoms with Gasteiger partial charge in [0.15, 0.2) is 6.10 Å². The summed E-state index contributed by atoms with van der Waals surface area (Å²) in [5.41, 5.74) is 3.41. The molecule has 0 saturated heterocycles. The van der Waals surface area contributed by atoms with E-state index < -0.39 is 12.1 Å². The van der Waals surface area contributed by atoms with E-state index in [4.69, 9.17) is 14.6 Å². The molecule has 1 amide bonds. The van der Waals surface area contributed by atoms with Gasteiger partial charge in [-0.2, -0.15) is 0 Å². The van der Waals surface area contributed by atoms with Crippen molar-refractivity contribution in [3.8, 4) is 5.75 Å². The standard InChI is InChI=1S/C25H33NO5/c1-3-19-7-9-20(10-8-19)15-16-26-24(27)6-5-17-31-22-13-11-21(12-14-22)18-23(25(28)29)30-4-2/h7-14,23H,3-6,15-18H2,1-2H3,(H,26,27)(H,28,29). The second-order valence-electron chi connectivity index (χ2n) is 7.35. The summed E-state index contributed by atoms with van der Waals surface area (Å²) in [5.74, 6) is -0.238. The van der Waals surface area contributed by atoms with E-state index >= 15 is 0 Å². The van der Waals surface area contributed by atoms with Gasteiger partial charge in [0.2, 0.25) is 5.91 Å². The highest BCUT2D eigenvalue weighted by atomic mass is 16.5. The molecular weight excluding hydrogens is 394 g/mol. The maximum Gasteiger partial charge on any atom is 0.333 e. The number of carboxylic acid groups (broad SMARTS) is 1. The fourth-order valence-corrected chi connectivity index (χ4v) is 3.15. The molecule has 0 heterocycles. The molecule has 0 aliphatic heterocycles. The normalized spacial score (nSPS) is 11.7. The molecule has 0 fully saturated rings. The van der Waals surface area contributed by atoms with E-state index in [0.717, 1.165) is 18.4 Å². The van der Waals surface area contributed by atoms with Gasteiger partial charge in [-0.1, -0.05) is 43.3 Å². The summed E-state index contributed by atoms with van der Waals surface area (Å²) >= 11 is 0. The van der Waals surface area contributed by atoms with Crippen LogP contribution in [0, 0.1) is 0 Å². The molecule has 2 N–H and O–H groups in total. The number of amides is 1. The van der Waals surface area contributed by atoms with Crippen LogP contribution in [0.4, 0.5) is 0 Å². The van der Waals surface area contributed by atoms with Crippen molar-refractivity contribution in [3.63, 3.8) is 0 Å². The number of nitrogens with one attached hydrogen (secondary N) is 1. The monoisotopic (exact) mass is 427 g/mol. The van der Waals surface area contributed by atoms with Crippen molar-refractivity contribution >= 4 is 11.9 Å². The largest absolute Gasteiger partial charge is 0.494 e. The van der Waals surface area contributed by atoms with Crippen LogP contribution in [0.25, 0.3) is 0 Å². The van der Waals surface area contributed by atoms with Gasteiger partial charge in [-0.3, -0.25) is 4.79 Å². The van der Waals surface area contributed by atoms with Crippen molar-refractivity contribution in [3.05, 3.63) is 65.2 Å². The SMILES string of the molecule is CCOC(Cc1ccc(OCCCC(=O)NCCc2ccc(CC)cc2)cc1)C(=O)O. The molecule has 0 aliphatic rings. The molecule has 0 saturated carbocycles. The number of hydrogen-bond donors (Lipinski definition) is 2. The summed E-state index contributed by atoms with van der Waals surface area (Å²) in [6, 6.07) is 15.8. The quantitative estimate of drug-likeness (QED) is 0.448. The number of ether oxygens (including phenoxy) is 2. The third-order valence-corrected chi connectivity index (χ3v) is 4.97. The second kappa shape index (κ2) is 13.4. The van der Waals surface area contributed by atoms with Crippen LogP contribution in [0.2, 0.25) is 0 Å². The lowest BCUT2D eigenvalue weighted by molar-refractivity contribution is -0.149. The maximum atomic E-state index is 12.0. The van der Waals surface area contributed by atoms with Gasteiger partial charge >= 0.3 is 5.97 Å². The Morgan fingerprint density at radius 3 is 2.23 bits per heavy atom. The lowest BCUT2D eigenvalue weighted by atomic mass is 10.1. The zero-order chi connectivity index (χ0) is 22.5. The maximum absolute atomic E-state index is 12.0. The van der Waals surface area contributed by atoms with Crippen molar-refractivity contribution in [2.75, 3.05) is 19.8 Å². The lowest BCUT2D eigenvalue weighted by Crippen LogP contribution is -2.26. The third kappa shape index (κ3) is 9.22. The van der Waals surface area contributed by atoms with E-state index in [1.165, 1.54) is 11.1 Å². The first-order valence-electron chi connectivity index (χ1n) is 10.9. The van der Waals surface area contributed by atoms with Gasteiger partial charge in [0.1, 0.15) is 5.75 Å². The van der Waals surface area contributed by atoms with Gasteiger partial charge in [-0.15, -0.1) is 0 Å². The summed E-state index contributed by atoms with van der Waals surface area (Å²) < 4.78 is 10.9. The highest BCUT2D eigenvalue weighted by Gasteiger charge is 2.17. The number of benzene rings is 2. The summed E-state index contributed by atoms with van der Waals surface area (Å²) in [7, 11) is 0. The zero-order valence-electron chi connectivity index (χ0n) is 18.4. The Morgan fingerprint density at radius 2 is 1.61 bits per heavy atom. The molecule has 0 radical (unpaired) electrons. The zero-order valence-corrected chi connectivity index (χ0v) is 18.4. The number of carboxylic acids is 1. The van der Waals surface area contributed by atoms with Crippen LogP contribution in [0.3, 0.4) is 0 Å². The van der Waals surface area contributed by atoms with E-state index in [2.05, 4.69) is 36.5 Å². The number of carbonyl (C=O) groups excluding carboxylic acids is 1. The molecule has 0 spiro atoms. The molecule has 0 aliphatic carbocycles. The lowest BCUT2D eigenvalue weighted by Gasteiger charge is -2.13. The minimum Gasteiger partial charge on any atom is -0.494 e. The Balaban J connectivity index is 1.61. The molecule has 6 heteroatoms. The van der Waals surface area contributed by atoms with E-state index in [-0.39, 0.29) is 5.91 Å². The highest BCUT2D eigenvalue weighted by Crippen LogP contribution is 2.15. The van der Waals surface area contributed by atoms with Crippen molar-refractivity contribution in [2.24, 2.45) is 0 Å². The van der Waals surface area contributed by atoms with E-state index in [1.54, 1.807) is 6.92 Å². The average Bonchev–Trinajstić information content (AvgIpc) is 2.78. The van der Waals surface area contributed by atoms with Crippen LogP contribution in [-0.4, -0.2) is 42.8 Å². The molecule has 0 aromatic heterocycles. The van der Waals surface area contributed by atoms with Crippen LogP contribution < -0.4 is 10.1 Å². The fraction of sp³-hybridized carbons (Fsp3) is 0.440. The molecule has 0 bridgehead atoms. The number of aryl methyl sites for hydroxylation is 1. The smallest absolute Gasteiger partial charge is 0.333 e. The summed E-state index contributed by atoms with van der Waals surface area (Å²) in [4.78, 5) is 23.1. The summed E-state index contributed by atoms with van der Waals surface area (Å²) in [6.07, 6.45) is 2.37. The third-order valence-electron chi connectivity index (χ3n) is 4.97. The predicted octanol–water partition coefficient (Wildman–Crippen LogP) is 3.80. The van der Waals surface area contributed by atoms with Gasteiger partial charge in [0.25, 0.3) is 0 Å². The van der Waals surface area contributed by atoms with E-state index in [0.29, 0.717) is 44.8 Å². The van der Waals surface area contributed by atoms with Gasteiger partial charge < -0.3 is 19.9 Å². The van der Waals surface area contributed by atoms with Crippen LogP contribution in [0.15, 0.2) is 48.5 Å². The number of rotatable bonds is 14. The Labute approximate surface area is 184 Å². The molecule has 1 atom stereocenters. The number of hydrogen-bond acceptors (Lipinski definition) is 4. The Bertz CT molecular complexity index is 802. The molecular formula is C25H33NO5. The predicted molar refractivity (Wildman–Crippen MR) is 120 cm³/mol. The Kier molecular flexibility index (Phi) is 10.6. The Hall–Kier alpha value is -2.86. The van der Waals surface area contributed by atoms with Crippen molar-refractivity contribution < 1.29 is 24.2 Å². The van der Waals surface area contributed by atoms with Crippen LogP contribution in [0.5, 0.6) is 5.75 Å². The van der Waals surface area contributed by atoms with Crippen molar-refractivity contribution in [2.45, 2.75) is 52.1 Å². The first-order chi connectivity index (χ1) is 15.0. The van der Waals surface area contributed by atoms with Gasteiger partial charge in [0.05, 0.1) is 6.61 Å². The second-order valence-corrected chi connectivity index (χ2v) is 7.35. The molecule has 2 aromatic carbocycles. The van der Waals surface area contributed by atoms with Crippen LogP contribution >= 0.6 is 0 Å². The van der Waals surface area contributed by atoms with Gasteiger partial charge in [-0.25, -0.2) is 4.79 Å². The fourth-order valence-electron chi connectivity index (χ4n) is 3.15. The molecule has 2 rings (SSSR count). The number of carbonyl (C=O) groups is 2. The average molecular weight is 428 g/mol. The van der Waals surface area contributed by atoms with Gasteiger partial charge in [0, 0.05) is 26.0 Å². The van der Waals surface area contributed by atoms with E-state index in [1.807, 2.05) is 24.3 Å². The number of aliphatic carboxylic acids is 1. The highest BCUT2D eigenvalue weighted by molar-refractivity contribution is 5.75. The van der Waals surface area contributed by atoms with Crippen molar-refractivity contribution in [1.82, 2.24) is 5.32 Å².